The van der Waals surface area contributed by atoms with Gasteiger partial charge in [-0.3, -0.25) is 0 Å². The second-order valence-corrected chi connectivity index (χ2v) is 5.67. The summed E-state index contributed by atoms with van der Waals surface area (Å²) in [7, 11) is 0. The molecule has 0 aliphatic heterocycles. The van der Waals surface area contributed by atoms with Gasteiger partial charge < -0.3 is 10.6 Å². The summed E-state index contributed by atoms with van der Waals surface area (Å²) in [6, 6.07) is 9.23. The van der Waals surface area contributed by atoms with Crippen molar-refractivity contribution in [3.05, 3.63) is 41.6 Å². The molecule has 5 nitrogen and oxygen atoms in total. The van der Waals surface area contributed by atoms with Crippen molar-refractivity contribution in [3.8, 4) is 17.9 Å². The summed E-state index contributed by atoms with van der Waals surface area (Å²) >= 11 is 5.67. The van der Waals surface area contributed by atoms with E-state index in [-0.39, 0.29) is 0 Å². The van der Waals surface area contributed by atoms with Crippen molar-refractivity contribution in [2.75, 3.05) is 23.1 Å². The Morgan fingerprint density at radius 2 is 2.04 bits per heavy atom. The van der Waals surface area contributed by atoms with Gasteiger partial charge in [-0.25, -0.2) is 4.98 Å². The first-order valence-electron chi connectivity index (χ1n) is 8.19. The van der Waals surface area contributed by atoms with Crippen LogP contribution in [0.3, 0.4) is 0 Å². The van der Waals surface area contributed by atoms with Crippen LogP contribution in [-0.2, 0) is 0 Å². The molecule has 2 N–H and O–H groups in total. The molecular weight excluding hydrogens is 334 g/mol. The summed E-state index contributed by atoms with van der Waals surface area (Å²) in [6.45, 7) is 2.90. The monoisotopic (exact) mass is 353 g/mol. The van der Waals surface area contributed by atoms with Crippen LogP contribution in [0.2, 0.25) is 0 Å². The largest absolute Gasteiger partial charge is 0.369 e. The number of hydrogen-bond donors (Lipinski definition) is 2. The maximum Gasteiger partial charge on any atom is 0.229 e. The van der Waals surface area contributed by atoms with Crippen LogP contribution in [-0.4, -0.2) is 22.4 Å². The summed E-state index contributed by atoms with van der Waals surface area (Å²) in [4.78, 5) is 8.85. The number of nitrogens with one attached hydrogen (secondary N) is 2. The van der Waals surface area contributed by atoms with E-state index in [9.17, 15) is 0 Å². The Bertz CT molecular complexity index is 784. The molecule has 0 saturated heterocycles. The van der Waals surface area contributed by atoms with E-state index in [2.05, 4.69) is 45.4 Å². The van der Waals surface area contributed by atoms with Crippen molar-refractivity contribution in [3.63, 3.8) is 0 Å². The number of unbranched alkanes of at least 4 members (excludes halogenated alkanes) is 1. The maximum atomic E-state index is 8.85. The van der Waals surface area contributed by atoms with Gasteiger partial charge in [0.1, 0.15) is 5.82 Å². The lowest BCUT2D eigenvalue weighted by Gasteiger charge is -2.10. The van der Waals surface area contributed by atoms with Gasteiger partial charge in [0.25, 0.3) is 0 Å². The number of hydrogen-bond acceptors (Lipinski definition) is 5. The van der Waals surface area contributed by atoms with Crippen molar-refractivity contribution >= 4 is 29.1 Å². The third-order valence-electron chi connectivity index (χ3n) is 3.26. The fourth-order valence-corrected chi connectivity index (χ4v) is 2.12. The van der Waals surface area contributed by atoms with Gasteiger partial charge in [-0.15, -0.1) is 11.6 Å². The van der Waals surface area contributed by atoms with E-state index in [0.717, 1.165) is 37.1 Å². The zero-order valence-electron chi connectivity index (χ0n) is 14.1. The van der Waals surface area contributed by atoms with Crippen LogP contribution >= 0.6 is 11.6 Å². The number of aromatic nitrogens is 2. The van der Waals surface area contributed by atoms with Gasteiger partial charge in [0.05, 0.1) is 23.4 Å². The smallest absolute Gasteiger partial charge is 0.229 e. The summed E-state index contributed by atoms with van der Waals surface area (Å²) in [5.41, 5.74) is 2.20. The molecule has 2 rings (SSSR count). The quantitative estimate of drug-likeness (QED) is 0.441. The van der Waals surface area contributed by atoms with Crippen LogP contribution in [0.25, 0.3) is 0 Å². The van der Waals surface area contributed by atoms with Gasteiger partial charge in [0, 0.05) is 24.5 Å². The SMILES string of the molecule is CCCNc1nc(Nc2ccc(C#N)cc2)ncc1C#CCCCCl. The first-order chi connectivity index (χ1) is 12.3. The van der Waals surface area contributed by atoms with Crippen molar-refractivity contribution in [1.82, 2.24) is 9.97 Å². The highest BCUT2D eigenvalue weighted by Gasteiger charge is 2.06. The summed E-state index contributed by atoms with van der Waals surface area (Å²) in [6.07, 6.45) is 4.32. The molecule has 0 saturated carbocycles. The molecule has 0 bridgehead atoms. The minimum absolute atomic E-state index is 0.481. The maximum absolute atomic E-state index is 8.85. The Kier molecular flexibility index (Phi) is 7.56. The van der Waals surface area contributed by atoms with Crippen LogP contribution in [0.1, 0.15) is 37.3 Å². The van der Waals surface area contributed by atoms with Crippen molar-refractivity contribution in [1.29, 1.82) is 5.26 Å². The molecule has 128 valence electrons. The normalized spacial score (nSPS) is 9.64. The molecule has 0 atom stereocenters. The molecule has 1 aromatic heterocycles. The van der Waals surface area contributed by atoms with Crippen molar-refractivity contribution < 1.29 is 0 Å². The van der Waals surface area contributed by atoms with E-state index in [4.69, 9.17) is 16.9 Å². The average molecular weight is 354 g/mol. The van der Waals surface area contributed by atoms with Crippen LogP contribution in [0, 0.1) is 23.2 Å². The molecule has 0 unspecified atom stereocenters. The summed E-state index contributed by atoms with van der Waals surface area (Å²) < 4.78 is 0. The molecule has 0 radical (unpaired) electrons. The summed E-state index contributed by atoms with van der Waals surface area (Å²) in [5, 5.41) is 15.3. The molecule has 1 aromatic carbocycles. The molecular formula is C19H20ClN5. The second kappa shape index (κ2) is 10.2. The lowest BCUT2D eigenvalue weighted by molar-refractivity contribution is 0.963. The first kappa shape index (κ1) is 18.6. The Morgan fingerprint density at radius 3 is 2.72 bits per heavy atom. The third kappa shape index (κ3) is 5.99. The number of alkyl halides is 1. The predicted octanol–water partition coefficient (Wildman–Crippen LogP) is 4.28. The van der Waals surface area contributed by atoms with E-state index in [1.807, 2.05) is 12.1 Å². The van der Waals surface area contributed by atoms with Gasteiger partial charge in [-0.05, 0) is 37.1 Å². The molecule has 0 spiro atoms. The number of anilines is 3. The highest BCUT2D eigenvalue weighted by molar-refractivity contribution is 6.17. The Morgan fingerprint density at radius 1 is 1.24 bits per heavy atom. The first-order valence-corrected chi connectivity index (χ1v) is 8.73. The highest BCUT2D eigenvalue weighted by atomic mass is 35.5. The number of halogens is 1. The fraction of sp³-hybridized carbons (Fsp3) is 0.316. The zero-order chi connectivity index (χ0) is 17.9. The number of benzene rings is 1. The Hall–Kier alpha value is -2.76. The predicted molar refractivity (Wildman–Crippen MR) is 102 cm³/mol. The van der Waals surface area contributed by atoms with Crippen LogP contribution in [0.15, 0.2) is 30.5 Å². The van der Waals surface area contributed by atoms with E-state index in [1.165, 1.54) is 0 Å². The minimum atomic E-state index is 0.481. The zero-order valence-corrected chi connectivity index (χ0v) is 14.9. The molecule has 1 heterocycles. The molecule has 0 aliphatic rings. The number of rotatable bonds is 7. The van der Waals surface area contributed by atoms with E-state index < -0.39 is 0 Å². The number of nitriles is 1. The number of nitrogens with zero attached hydrogens (tertiary/aromatic N) is 3. The topological polar surface area (TPSA) is 73.6 Å². The fourth-order valence-electron chi connectivity index (χ4n) is 1.98. The molecule has 0 amide bonds. The molecule has 25 heavy (non-hydrogen) atoms. The van der Waals surface area contributed by atoms with Gasteiger partial charge in [-0.1, -0.05) is 18.8 Å². The Labute approximate surface area is 153 Å². The molecule has 6 heteroatoms. The van der Waals surface area contributed by atoms with E-state index >= 15 is 0 Å². The standard InChI is InChI=1S/C19H20ClN5/c1-2-12-22-18-16(6-4-3-5-11-20)14-23-19(25-18)24-17-9-7-15(13-21)8-10-17/h7-10,14H,2-3,5,11-12H2,1H3,(H2,22,23,24,25). The Balaban J connectivity index is 2.17. The van der Waals surface area contributed by atoms with Crippen molar-refractivity contribution in [2.24, 2.45) is 0 Å². The molecule has 0 fully saturated rings. The van der Waals surface area contributed by atoms with Crippen LogP contribution in [0.4, 0.5) is 17.5 Å². The van der Waals surface area contributed by atoms with Gasteiger partial charge in [0.2, 0.25) is 5.95 Å². The third-order valence-corrected chi connectivity index (χ3v) is 3.53. The van der Waals surface area contributed by atoms with Crippen LogP contribution < -0.4 is 10.6 Å². The van der Waals surface area contributed by atoms with E-state index in [0.29, 0.717) is 23.2 Å². The minimum Gasteiger partial charge on any atom is -0.369 e. The van der Waals surface area contributed by atoms with Crippen molar-refractivity contribution in [2.45, 2.75) is 26.2 Å². The van der Waals surface area contributed by atoms with E-state index in [1.54, 1.807) is 18.3 Å². The second-order valence-electron chi connectivity index (χ2n) is 5.29. The lowest BCUT2D eigenvalue weighted by atomic mass is 10.2. The summed E-state index contributed by atoms with van der Waals surface area (Å²) in [5.74, 6) is 8.00. The van der Waals surface area contributed by atoms with Gasteiger partial charge in [-0.2, -0.15) is 10.2 Å². The van der Waals surface area contributed by atoms with Gasteiger partial charge >= 0.3 is 0 Å². The highest BCUT2D eigenvalue weighted by Crippen LogP contribution is 2.17. The van der Waals surface area contributed by atoms with Crippen LogP contribution in [0.5, 0.6) is 0 Å². The molecule has 2 aromatic rings. The van der Waals surface area contributed by atoms with Gasteiger partial charge in [0.15, 0.2) is 0 Å². The lowest BCUT2D eigenvalue weighted by Crippen LogP contribution is -2.07. The average Bonchev–Trinajstić information content (AvgIpc) is 2.65. The molecule has 0 aliphatic carbocycles.